The zero-order valence-corrected chi connectivity index (χ0v) is 40.7. The zero-order valence-electron chi connectivity index (χ0n) is 39.0. The van der Waals surface area contributed by atoms with E-state index in [0.717, 1.165) is 5.56 Å². The molecule has 362 valence electrons. The number of nitrogen functional groups attached to an aromatic ring is 1. The van der Waals surface area contributed by atoms with Gasteiger partial charge in [-0.15, -0.1) is 10.2 Å². The van der Waals surface area contributed by atoms with E-state index in [0.29, 0.717) is 64.4 Å². The predicted molar refractivity (Wildman–Crippen MR) is 258 cm³/mol. The number of ether oxygens (including phenoxy) is 4. The first-order valence-electron chi connectivity index (χ1n) is 22.0. The number of sulfonamides is 2. The van der Waals surface area contributed by atoms with Gasteiger partial charge in [-0.2, -0.15) is 9.10 Å². The van der Waals surface area contributed by atoms with Gasteiger partial charge in [0.2, 0.25) is 25.9 Å². The van der Waals surface area contributed by atoms with Crippen molar-refractivity contribution in [2.75, 3.05) is 40.2 Å². The molecule has 0 saturated carbocycles. The summed E-state index contributed by atoms with van der Waals surface area (Å²) in [4.78, 5) is 22.4. The number of aromatic amines is 1. The number of fused-ring (bicyclic) bond motifs is 1. The molecule has 0 bridgehead atoms. The van der Waals surface area contributed by atoms with E-state index >= 15 is 16.8 Å². The molecular weight excluding hydrogens is 925 g/mol. The fourth-order valence-corrected chi connectivity index (χ4v) is 11.8. The molecule has 8 rings (SSSR count). The van der Waals surface area contributed by atoms with E-state index in [-0.39, 0.29) is 49.1 Å². The highest BCUT2D eigenvalue weighted by molar-refractivity contribution is 7.92. The van der Waals surface area contributed by atoms with Gasteiger partial charge in [-0.25, -0.2) is 31.3 Å². The van der Waals surface area contributed by atoms with Crippen LogP contribution in [0.2, 0.25) is 0 Å². The number of nitrogens with two attached hydrogens (primary N) is 1. The van der Waals surface area contributed by atoms with Crippen LogP contribution in [0.4, 0.5) is 10.7 Å². The molecule has 1 aliphatic heterocycles. The number of nitrogens with one attached hydrogen (secondary N) is 2. The molecule has 0 aliphatic carbocycles. The Kier molecular flexibility index (Phi) is 13.9. The number of hydrogen-bond donors (Lipinski definition) is 3. The van der Waals surface area contributed by atoms with Gasteiger partial charge >= 0.3 is 6.09 Å². The van der Waals surface area contributed by atoms with Crippen molar-refractivity contribution in [3.05, 3.63) is 120 Å². The third-order valence-electron chi connectivity index (χ3n) is 11.4. The van der Waals surface area contributed by atoms with Crippen LogP contribution >= 0.6 is 0 Å². The van der Waals surface area contributed by atoms with Gasteiger partial charge in [0.25, 0.3) is 0 Å². The van der Waals surface area contributed by atoms with Crippen molar-refractivity contribution in [2.45, 2.75) is 74.7 Å². The van der Waals surface area contributed by atoms with Gasteiger partial charge in [0.15, 0.2) is 5.95 Å². The monoisotopic (exact) mass is 978 g/mol. The number of methoxy groups -OCH3 is 3. The van der Waals surface area contributed by atoms with Crippen LogP contribution in [-0.2, 0) is 44.4 Å². The SMILES string of the molecule is COc1ccc(CN(Cc2ccc(OC)cc2)S(=O)(=O)c2c(S(=O)(=O)N[C@@H]3CCCN(C(=O)OC(C)(C)C)C3)ccc(-c3cccc4[nH]c(N)nc34)c2-c2nnn(Cc3ccc(OC)cc3)n2)cc1. The average Bonchev–Trinajstić information content (AvgIpc) is 3.96. The summed E-state index contributed by atoms with van der Waals surface area (Å²) in [6, 6.07) is 28.2. The molecule has 1 saturated heterocycles. The van der Waals surface area contributed by atoms with Crippen molar-refractivity contribution in [3.63, 3.8) is 0 Å². The zero-order chi connectivity index (χ0) is 49.1. The topological polar surface area (TPSA) is 239 Å². The van der Waals surface area contributed by atoms with E-state index in [9.17, 15) is 4.79 Å². The summed E-state index contributed by atoms with van der Waals surface area (Å²) in [5.74, 6) is 1.68. The van der Waals surface area contributed by atoms with Gasteiger partial charge < -0.3 is 34.6 Å². The first kappa shape index (κ1) is 48.4. The van der Waals surface area contributed by atoms with E-state index in [4.69, 9.17) is 29.8 Å². The number of aromatic nitrogens is 6. The first-order valence-corrected chi connectivity index (χ1v) is 25.0. The smallest absolute Gasteiger partial charge is 0.410 e. The number of carbonyl (C=O) groups is 1. The minimum absolute atomic E-state index is 0.0218. The molecule has 19 nitrogen and oxygen atoms in total. The molecule has 5 aromatic carbocycles. The van der Waals surface area contributed by atoms with Crippen LogP contribution in [-0.4, -0.2) is 108 Å². The molecule has 7 aromatic rings. The first-order chi connectivity index (χ1) is 32.9. The van der Waals surface area contributed by atoms with Crippen LogP contribution in [0.1, 0.15) is 50.3 Å². The number of H-pyrrole nitrogens is 1. The number of hydrogen-bond acceptors (Lipinski definition) is 14. The number of imidazole rings is 1. The number of anilines is 1. The molecule has 0 radical (unpaired) electrons. The number of tetrazole rings is 1. The van der Waals surface area contributed by atoms with Crippen LogP contribution in [0.3, 0.4) is 0 Å². The second-order valence-corrected chi connectivity index (χ2v) is 21.0. The van der Waals surface area contributed by atoms with Crippen molar-refractivity contribution >= 4 is 43.1 Å². The Bertz CT molecular complexity index is 3120. The Labute approximate surface area is 400 Å². The van der Waals surface area contributed by atoms with E-state index in [1.54, 1.807) is 107 Å². The normalized spacial score (nSPS) is 14.5. The Morgan fingerprint density at radius 1 is 0.812 bits per heavy atom. The van der Waals surface area contributed by atoms with Crippen molar-refractivity contribution in [2.24, 2.45) is 0 Å². The van der Waals surface area contributed by atoms with Crippen molar-refractivity contribution in [1.82, 2.24) is 44.1 Å². The molecule has 0 spiro atoms. The minimum Gasteiger partial charge on any atom is -0.497 e. The summed E-state index contributed by atoms with van der Waals surface area (Å²) < 4.78 is 88.6. The van der Waals surface area contributed by atoms with E-state index < -0.39 is 47.6 Å². The summed E-state index contributed by atoms with van der Waals surface area (Å²) >= 11 is 0. The van der Waals surface area contributed by atoms with E-state index in [1.165, 1.54) is 40.4 Å². The number of benzene rings is 5. The summed E-state index contributed by atoms with van der Waals surface area (Å²) in [6.07, 6.45) is 0.222. The summed E-state index contributed by atoms with van der Waals surface area (Å²) in [5.41, 5.74) is 8.76. The maximum Gasteiger partial charge on any atom is 0.410 e. The molecule has 1 fully saturated rings. The molecule has 1 atom stereocenters. The molecule has 3 heterocycles. The lowest BCUT2D eigenvalue weighted by molar-refractivity contribution is 0.0195. The Balaban J connectivity index is 1.35. The van der Waals surface area contributed by atoms with Gasteiger partial charge in [-0.05, 0) is 110 Å². The summed E-state index contributed by atoms with van der Waals surface area (Å²) in [6.45, 7) is 5.29. The highest BCUT2D eigenvalue weighted by Gasteiger charge is 2.40. The van der Waals surface area contributed by atoms with Crippen molar-refractivity contribution < 1.29 is 40.6 Å². The molecular formula is C48H54N10O9S2. The minimum atomic E-state index is -4.96. The van der Waals surface area contributed by atoms with E-state index in [1.807, 2.05) is 12.1 Å². The highest BCUT2D eigenvalue weighted by Crippen LogP contribution is 2.43. The number of rotatable bonds is 16. The molecule has 1 aliphatic rings. The molecule has 1 amide bonds. The molecule has 69 heavy (non-hydrogen) atoms. The largest absolute Gasteiger partial charge is 0.497 e. The van der Waals surface area contributed by atoms with Crippen LogP contribution in [0.25, 0.3) is 33.5 Å². The summed E-state index contributed by atoms with van der Waals surface area (Å²) in [5, 5.41) is 13.6. The second-order valence-electron chi connectivity index (χ2n) is 17.5. The highest BCUT2D eigenvalue weighted by atomic mass is 32.2. The predicted octanol–water partition coefficient (Wildman–Crippen LogP) is 6.61. The van der Waals surface area contributed by atoms with Gasteiger partial charge in [0.1, 0.15) is 32.6 Å². The van der Waals surface area contributed by atoms with Crippen LogP contribution < -0.4 is 24.7 Å². The lowest BCUT2D eigenvalue weighted by Gasteiger charge is -2.34. The second kappa shape index (κ2) is 19.9. The van der Waals surface area contributed by atoms with Gasteiger partial charge in [-0.3, -0.25) is 0 Å². The van der Waals surface area contributed by atoms with Gasteiger partial charge in [0, 0.05) is 37.8 Å². The lowest BCUT2D eigenvalue weighted by atomic mass is 9.98. The summed E-state index contributed by atoms with van der Waals surface area (Å²) in [7, 11) is -5.11. The Morgan fingerprint density at radius 2 is 1.41 bits per heavy atom. The number of nitrogens with zero attached hydrogens (tertiary/aromatic N) is 7. The van der Waals surface area contributed by atoms with Gasteiger partial charge in [0.05, 0.1) is 44.5 Å². The number of carbonyl (C=O) groups excluding carboxylic acids is 1. The third-order valence-corrected chi connectivity index (χ3v) is 15.0. The maximum atomic E-state index is 16.2. The standard InChI is InChI=1S/C48H54N10O9S2/c1-48(2,3)67-47(59)56-26-8-9-34(30-56)54-68(60,61)41-25-24-38(39-10-7-11-40-43(39)51-46(49)50-40)42(45-52-55-58(53-45)29-33-16-22-37(66-6)23-17-33)44(41)69(62,63)57(27-31-12-18-35(64-4)19-13-31)28-32-14-20-36(65-5)21-15-32/h7,10-25,34,54H,8-9,26-30H2,1-6H3,(H3,49,50,51)/t34-/m1/s1. The Hall–Kier alpha value is -7.07. The molecule has 4 N–H and O–H groups in total. The molecule has 0 unspecified atom stereocenters. The third kappa shape index (κ3) is 11.0. The van der Waals surface area contributed by atoms with Crippen molar-refractivity contribution in [1.29, 1.82) is 0 Å². The van der Waals surface area contributed by atoms with Crippen molar-refractivity contribution in [3.8, 4) is 39.8 Å². The van der Waals surface area contributed by atoms with E-state index in [2.05, 4.69) is 25.0 Å². The van der Waals surface area contributed by atoms with Crippen LogP contribution in [0.15, 0.2) is 113 Å². The molecule has 2 aromatic heterocycles. The quantitative estimate of drug-likeness (QED) is 0.0924. The van der Waals surface area contributed by atoms with Gasteiger partial charge in [-0.1, -0.05) is 54.6 Å². The number of para-hydroxylation sites is 1. The lowest BCUT2D eigenvalue weighted by Crippen LogP contribution is -2.50. The number of likely N-dealkylation sites (tertiary alicyclic amines) is 1. The van der Waals surface area contributed by atoms with Crippen LogP contribution in [0, 0.1) is 0 Å². The Morgan fingerprint density at radius 3 is 1.99 bits per heavy atom. The molecule has 21 heteroatoms. The van der Waals surface area contributed by atoms with Crippen LogP contribution in [0.5, 0.6) is 17.2 Å². The fourth-order valence-electron chi connectivity index (χ4n) is 8.12. The maximum absolute atomic E-state index is 16.2. The average molecular weight is 979 g/mol. The number of piperidine rings is 1. The number of amides is 1. The fraction of sp³-hybridized carbons (Fsp3) is 0.312.